The lowest BCUT2D eigenvalue weighted by atomic mass is 9.91. The van der Waals surface area contributed by atoms with E-state index in [0.29, 0.717) is 16.7 Å². The van der Waals surface area contributed by atoms with Crippen LogP contribution < -0.4 is 10.6 Å². The summed E-state index contributed by atoms with van der Waals surface area (Å²) in [6.45, 7) is -0.0942. The van der Waals surface area contributed by atoms with E-state index in [2.05, 4.69) is 10.6 Å². The molecule has 0 saturated heterocycles. The second kappa shape index (κ2) is 14.2. The standard InChI is InChI=1S/C29H30N2O8/c1-38-28(36)24(17-20-12-14-22(32)15-13-20)30-26(33)25(23(27(34)35)16-19-8-4-2-5-9-19)31-29(37)39-18-21-10-6-3-7-11-21/h2-15,23-25,32H,16-18H2,1H3,(H,30,33)(H,31,37)(H,34,35)/t23?,24-,25-/m0/s1. The smallest absolute Gasteiger partial charge is 0.408 e. The number of esters is 1. The highest BCUT2D eigenvalue weighted by molar-refractivity contribution is 5.93. The van der Waals surface area contributed by atoms with Crippen molar-refractivity contribution in [1.29, 1.82) is 0 Å². The minimum absolute atomic E-state index is 0.000288. The van der Waals surface area contributed by atoms with Crippen LogP contribution in [0.1, 0.15) is 16.7 Å². The molecule has 204 valence electrons. The van der Waals surface area contributed by atoms with Gasteiger partial charge in [-0.3, -0.25) is 9.59 Å². The number of carboxylic acid groups (broad SMARTS) is 1. The normalized spacial score (nSPS) is 12.8. The van der Waals surface area contributed by atoms with E-state index < -0.39 is 41.9 Å². The number of alkyl carbamates (subject to hydrolysis) is 1. The molecule has 10 heteroatoms. The highest BCUT2D eigenvalue weighted by Gasteiger charge is 2.37. The van der Waals surface area contributed by atoms with Gasteiger partial charge in [0, 0.05) is 6.42 Å². The van der Waals surface area contributed by atoms with Gasteiger partial charge in [-0.1, -0.05) is 72.8 Å². The summed E-state index contributed by atoms with van der Waals surface area (Å²) in [4.78, 5) is 51.0. The van der Waals surface area contributed by atoms with Gasteiger partial charge in [0.15, 0.2) is 0 Å². The average Bonchev–Trinajstić information content (AvgIpc) is 2.95. The summed E-state index contributed by atoms with van der Waals surface area (Å²) >= 11 is 0. The van der Waals surface area contributed by atoms with Gasteiger partial charge in [-0.25, -0.2) is 9.59 Å². The molecule has 0 spiro atoms. The molecule has 10 nitrogen and oxygen atoms in total. The Labute approximate surface area is 225 Å². The molecular weight excluding hydrogens is 504 g/mol. The van der Waals surface area contributed by atoms with Gasteiger partial charge in [0.2, 0.25) is 5.91 Å². The van der Waals surface area contributed by atoms with Crippen molar-refractivity contribution >= 4 is 23.9 Å². The number of methoxy groups -OCH3 is 1. The first-order valence-electron chi connectivity index (χ1n) is 12.2. The second-order valence-corrected chi connectivity index (χ2v) is 8.77. The predicted molar refractivity (Wildman–Crippen MR) is 141 cm³/mol. The molecule has 2 amide bonds. The molecule has 4 N–H and O–H groups in total. The van der Waals surface area contributed by atoms with Crippen LogP contribution in [0.2, 0.25) is 0 Å². The number of amides is 2. The first kappa shape index (κ1) is 28.7. The van der Waals surface area contributed by atoms with Crippen molar-refractivity contribution in [3.63, 3.8) is 0 Å². The number of phenols is 1. The average molecular weight is 535 g/mol. The molecule has 1 unspecified atom stereocenters. The molecule has 0 heterocycles. The second-order valence-electron chi connectivity index (χ2n) is 8.77. The Hall–Kier alpha value is -4.86. The fraction of sp³-hybridized carbons (Fsp3) is 0.241. The first-order valence-corrected chi connectivity index (χ1v) is 12.2. The number of hydrogen-bond acceptors (Lipinski definition) is 7. The van der Waals surface area contributed by atoms with Crippen LogP contribution >= 0.6 is 0 Å². The van der Waals surface area contributed by atoms with Crippen LogP contribution in [0, 0.1) is 5.92 Å². The third-order valence-electron chi connectivity index (χ3n) is 5.96. The van der Waals surface area contributed by atoms with E-state index in [-0.39, 0.29) is 25.2 Å². The zero-order valence-corrected chi connectivity index (χ0v) is 21.3. The molecule has 0 aromatic heterocycles. The largest absolute Gasteiger partial charge is 0.508 e. The molecule has 3 aromatic carbocycles. The first-order chi connectivity index (χ1) is 18.8. The van der Waals surface area contributed by atoms with E-state index in [1.54, 1.807) is 72.8 Å². The van der Waals surface area contributed by atoms with Gasteiger partial charge in [-0.2, -0.15) is 0 Å². The molecule has 0 aliphatic rings. The van der Waals surface area contributed by atoms with Crippen molar-refractivity contribution in [2.75, 3.05) is 7.11 Å². The lowest BCUT2D eigenvalue weighted by molar-refractivity contribution is -0.147. The maximum absolute atomic E-state index is 13.5. The maximum Gasteiger partial charge on any atom is 0.408 e. The van der Waals surface area contributed by atoms with Crippen molar-refractivity contribution in [1.82, 2.24) is 10.6 Å². The number of hydrogen-bond donors (Lipinski definition) is 4. The van der Waals surface area contributed by atoms with Gasteiger partial charge in [-0.15, -0.1) is 0 Å². The van der Waals surface area contributed by atoms with E-state index in [4.69, 9.17) is 9.47 Å². The van der Waals surface area contributed by atoms with Crippen LogP contribution in [0.5, 0.6) is 5.75 Å². The Morgan fingerprint density at radius 3 is 1.90 bits per heavy atom. The number of ether oxygens (including phenoxy) is 2. The minimum atomic E-state index is -1.59. The summed E-state index contributed by atoms with van der Waals surface area (Å²) in [7, 11) is 1.16. The van der Waals surface area contributed by atoms with Gasteiger partial charge >= 0.3 is 18.0 Å². The van der Waals surface area contributed by atoms with Crippen molar-refractivity contribution < 1.29 is 38.9 Å². The lowest BCUT2D eigenvalue weighted by Crippen LogP contribution is -2.57. The Kier molecular flexibility index (Phi) is 10.4. The molecule has 3 rings (SSSR count). The topological polar surface area (TPSA) is 151 Å². The van der Waals surface area contributed by atoms with Crippen molar-refractivity contribution in [2.45, 2.75) is 31.5 Å². The molecular formula is C29H30N2O8. The number of phenolic OH excluding ortho intramolecular Hbond substituents is 1. The van der Waals surface area contributed by atoms with Crippen LogP contribution in [0.4, 0.5) is 4.79 Å². The highest BCUT2D eigenvalue weighted by Crippen LogP contribution is 2.16. The molecule has 39 heavy (non-hydrogen) atoms. The minimum Gasteiger partial charge on any atom is -0.508 e. The van der Waals surface area contributed by atoms with Gasteiger partial charge in [0.1, 0.15) is 24.4 Å². The van der Waals surface area contributed by atoms with Gasteiger partial charge in [0.05, 0.1) is 13.0 Å². The number of nitrogens with one attached hydrogen (secondary N) is 2. The molecule has 0 aliphatic heterocycles. The number of aliphatic carboxylic acids is 1. The van der Waals surface area contributed by atoms with E-state index >= 15 is 0 Å². The van der Waals surface area contributed by atoms with E-state index in [1.165, 1.54) is 12.1 Å². The summed E-state index contributed by atoms with van der Waals surface area (Å²) in [6, 6.07) is 20.7. The molecule has 3 atom stereocenters. The van der Waals surface area contributed by atoms with Crippen molar-refractivity contribution in [3.05, 3.63) is 102 Å². The fourth-order valence-electron chi connectivity index (χ4n) is 3.92. The predicted octanol–water partition coefficient (Wildman–Crippen LogP) is 2.83. The summed E-state index contributed by atoms with van der Waals surface area (Å²) in [5, 5.41) is 24.5. The van der Waals surface area contributed by atoms with Crippen molar-refractivity contribution in [3.8, 4) is 5.75 Å². The fourth-order valence-corrected chi connectivity index (χ4v) is 3.92. The Bertz CT molecular complexity index is 1250. The van der Waals surface area contributed by atoms with Gasteiger partial charge < -0.3 is 30.3 Å². The van der Waals surface area contributed by atoms with Crippen LogP contribution in [0.25, 0.3) is 0 Å². The van der Waals surface area contributed by atoms with Crippen LogP contribution in [0.15, 0.2) is 84.9 Å². The number of rotatable bonds is 12. The number of carboxylic acids is 1. The van der Waals surface area contributed by atoms with Gasteiger partial charge in [-0.05, 0) is 35.2 Å². The Morgan fingerprint density at radius 2 is 1.33 bits per heavy atom. The lowest BCUT2D eigenvalue weighted by Gasteiger charge is -2.26. The highest BCUT2D eigenvalue weighted by atomic mass is 16.5. The maximum atomic E-state index is 13.5. The molecule has 0 aliphatic carbocycles. The number of benzene rings is 3. The third-order valence-corrected chi connectivity index (χ3v) is 5.96. The zero-order chi connectivity index (χ0) is 28.2. The number of carbonyl (C=O) groups is 4. The monoisotopic (exact) mass is 534 g/mol. The number of carbonyl (C=O) groups excluding carboxylic acids is 3. The Balaban J connectivity index is 1.83. The van der Waals surface area contributed by atoms with E-state index in [1.807, 2.05) is 0 Å². The molecule has 0 radical (unpaired) electrons. The summed E-state index contributed by atoms with van der Waals surface area (Å²) in [6.07, 6.45) is -1.07. The summed E-state index contributed by atoms with van der Waals surface area (Å²) in [5.74, 6) is -4.35. The summed E-state index contributed by atoms with van der Waals surface area (Å²) < 4.78 is 10.1. The van der Waals surface area contributed by atoms with Gasteiger partial charge in [0.25, 0.3) is 0 Å². The molecule has 3 aromatic rings. The SMILES string of the molecule is COC(=O)[C@H](Cc1ccc(O)cc1)NC(=O)[C@@H](NC(=O)OCc1ccccc1)C(Cc1ccccc1)C(=O)O. The van der Waals surface area contributed by atoms with E-state index in [9.17, 15) is 29.4 Å². The van der Waals surface area contributed by atoms with Crippen LogP contribution in [-0.2, 0) is 43.3 Å². The number of aromatic hydroxyl groups is 1. The van der Waals surface area contributed by atoms with Crippen LogP contribution in [-0.4, -0.2) is 53.3 Å². The zero-order valence-electron chi connectivity index (χ0n) is 21.3. The molecule has 0 fully saturated rings. The third kappa shape index (κ3) is 8.89. The quantitative estimate of drug-likeness (QED) is 0.259. The van der Waals surface area contributed by atoms with Crippen molar-refractivity contribution in [2.24, 2.45) is 5.92 Å². The summed E-state index contributed by atoms with van der Waals surface area (Å²) in [5.41, 5.74) is 1.94. The van der Waals surface area contributed by atoms with E-state index in [0.717, 1.165) is 7.11 Å². The van der Waals surface area contributed by atoms with Crippen LogP contribution in [0.3, 0.4) is 0 Å². The molecule has 0 saturated carbocycles. The molecule has 0 bridgehead atoms. The Morgan fingerprint density at radius 1 is 0.769 bits per heavy atom.